The second kappa shape index (κ2) is 7.04. The van der Waals surface area contributed by atoms with E-state index >= 15 is 0 Å². The van der Waals surface area contributed by atoms with Gasteiger partial charge >= 0.3 is 0 Å². The Morgan fingerprint density at radius 2 is 1.73 bits per heavy atom. The molecule has 0 spiro atoms. The first kappa shape index (κ1) is 19.2. The highest BCUT2D eigenvalue weighted by molar-refractivity contribution is 6.09. The van der Waals surface area contributed by atoms with Gasteiger partial charge in [0.1, 0.15) is 5.82 Å². The van der Waals surface area contributed by atoms with Crippen molar-refractivity contribution in [3.05, 3.63) is 93.8 Å². The fourth-order valence-corrected chi connectivity index (χ4v) is 3.98. The maximum atomic E-state index is 13.9. The van der Waals surface area contributed by atoms with Gasteiger partial charge in [0, 0.05) is 4.92 Å². The number of carbonyl (C=O) groups is 2. The van der Waals surface area contributed by atoms with Crippen molar-refractivity contribution in [3.63, 3.8) is 0 Å². The summed E-state index contributed by atoms with van der Waals surface area (Å²) in [4.78, 5) is 36.3. The number of nitriles is 1. The van der Waals surface area contributed by atoms with Crippen LogP contribution in [0.4, 0.5) is 4.39 Å². The first-order chi connectivity index (χ1) is 14.4. The van der Waals surface area contributed by atoms with E-state index in [0.717, 1.165) is 11.5 Å². The zero-order valence-corrected chi connectivity index (χ0v) is 15.4. The Bertz CT molecular complexity index is 1250. The van der Waals surface area contributed by atoms with Crippen LogP contribution in [0, 0.1) is 32.7 Å². The Hall–Kier alpha value is -4.12. The van der Waals surface area contributed by atoms with Gasteiger partial charge in [0.15, 0.2) is 0 Å². The molecule has 7 nitrogen and oxygen atoms in total. The van der Waals surface area contributed by atoms with Gasteiger partial charge in [0.2, 0.25) is 5.41 Å². The number of nitrogens with one attached hydrogen (secondary N) is 1. The number of fused-ring (bicyclic) bond motifs is 1. The number of carbonyl (C=O) groups excluding carboxylic acids is 2. The van der Waals surface area contributed by atoms with Crippen LogP contribution < -0.4 is 5.32 Å². The van der Waals surface area contributed by atoms with E-state index in [1.165, 1.54) is 18.2 Å². The van der Waals surface area contributed by atoms with Gasteiger partial charge in [-0.25, -0.2) is 4.39 Å². The highest BCUT2D eigenvalue weighted by atomic mass is 19.1. The molecular formula is C22H14FN3O4. The summed E-state index contributed by atoms with van der Waals surface area (Å²) >= 11 is 0. The summed E-state index contributed by atoms with van der Waals surface area (Å²) in [6.07, 6.45) is 0. The topological polar surface area (TPSA) is 113 Å². The van der Waals surface area contributed by atoms with Crippen LogP contribution in [-0.2, 0) is 4.79 Å². The Balaban J connectivity index is 1.73. The largest absolute Gasteiger partial charge is 0.291 e. The summed E-state index contributed by atoms with van der Waals surface area (Å²) < 4.78 is 13.9. The molecule has 0 bridgehead atoms. The summed E-state index contributed by atoms with van der Waals surface area (Å²) in [5, 5.41) is 25.0. The van der Waals surface area contributed by atoms with Crippen LogP contribution in [-0.4, -0.2) is 22.8 Å². The van der Waals surface area contributed by atoms with E-state index in [2.05, 4.69) is 0 Å². The van der Waals surface area contributed by atoms with Gasteiger partial charge in [0.05, 0.1) is 17.6 Å². The lowest BCUT2D eigenvalue weighted by Gasteiger charge is -2.09. The quantitative estimate of drug-likeness (QED) is 0.408. The maximum absolute atomic E-state index is 13.9. The highest BCUT2D eigenvalue weighted by Gasteiger charge is 2.80. The Labute approximate surface area is 169 Å². The molecule has 148 valence electrons. The second-order valence-electron chi connectivity index (χ2n) is 7.02. The van der Waals surface area contributed by atoms with Crippen LogP contribution in [0.15, 0.2) is 66.7 Å². The van der Waals surface area contributed by atoms with Crippen molar-refractivity contribution < 1.29 is 18.9 Å². The predicted octanol–water partition coefficient (Wildman–Crippen LogP) is 3.19. The maximum Gasteiger partial charge on any atom is 0.260 e. The minimum absolute atomic E-state index is 0.390. The molecule has 1 aliphatic rings. The van der Waals surface area contributed by atoms with Crippen LogP contribution in [0.3, 0.4) is 0 Å². The van der Waals surface area contributed by atoms with Crippen molar-refractivity contribution in [1.82, 2.24) is 5.32 Å². The molecule has 3 aromatic rings. The molecule has 2 amide bonds. The second-order valence-corrected chi connectivity index (χ2v) is 7.02. The molecule has 1 aliphatic carbocycles. The van der Waals surface area contributed by atoms with E-state index in [0.29, 0.717) is 10.9 Å². The third kappa shape index (κ3) is 2.79. The molecule has 30 heavy (non-hydrogen) atoms. The molecule has 0 heterocycles. The van der Waals surface area contributed by atoms with Crippen molar-refractivity contribution in [1.29, 1.82) is 5.26 Å². The summed E-state index contributed by atoms with van der Waals surface area (Å²) in [6.45, 7) is 0. The van der Waals surface area contributed by atoms with Gasteiger partial charge < -0.3 is 0 Å². The van der Waals surface area contributed by atoms with E-state index in [9.17, 15) is 29.4 Å². The highest BCUT2D eigenvalue weighted by Crippen LogP contribution is 2.61. The van der Waals surface area contributed by atoms with Crippen LogP contribution >= 0.6 is 0 Å². The summed E-state index contributed by atoms with van der Waals surface area (Å²) in [7, 11) is 0. The number of rotatable bonds is 4. The minimum atomic E-state index is -2.07. The predicted molar refractivity (Wildman–Crippen MR) is 104 cm³/mol. The van der Waals surface area contributed by atoms with Crippen LogP contribution in [0.5, 0.6) is 0 Å². The Morgan fingerprint density at radius 3 is 2.43 bits per heavy atom. The minimum Gasteiger partial charge on any atom is -0.291 e. The average Bonchev–Trinajstić information content (AvgIpc) is 3.44. The van der Waals surface area contributed by atoms with Crippen molar-refractivity contribution in [2.75, 3.05) is 0 Å². The van der Waals surface area contributed by atoms with Crippen molar-refractivity contribution in [2.24, 2.45) is 5.41 Å². The molecule has 3 aromatic carbocycles. The zero-order chi connectivity index (χ0) is 21.5. The Kier molecular flexibility index (Phi) is 4.51. The van der Waals surface area contributed by atoms with E-state index in [1.54, 1.807) is 36.4 Å². The summed E-state index contributed by atoms with van der Waals surface area (Å²) in [6, 6.07) is 17.5. The number of halogens is 1. The first-order valence-corrected chi connectivity index (χ1v) is 9.04. The molecule has 1 N–H and O–H groups in total. The normalized spacial score (nSPS) is 22.1. The van der Waals surface area contributed by atoms with Gasteiger partial charge in [-0.3, -0.25) is 25.0 Å². The number of nitrogens with zero attached hydrogens (tertiary/aromatic N) is 2. The monoisotopic (exact) mass is 403 g/mol. The molecule has 1 saturated carbocycles. The average molecular weight is 403 g/mol. The smallest absolute Gasteiger partial charge is 0.260 e. The fraction of sp³-hybridized carbons (Fsp3) is 0.136. The van der Waals surface area contributed by atoms with Crippen LogP contribution in [0.25, 0.3) is 10.8 Å². The standard InChI is InChI=1S/C22H14FN3O4/c23-17-11-4-3-9-16(17)20(27)25-21(28)22(12-24)18(19(22)26(29)30)15-10-5-7-13-6-1-2-8-14(13)15/h1-11,18-19H,(H,25,27,28)/t18-,19-,22-/m0/s1. The molecular weight excluding hydrogens is 389 g/mol. The number of imide groups is 1. The number of amides is 2. The molecule has 0 saturated heterocycles. The number of hydrogen-bond acceptors (Lipinski definition) is 5. The molecule has 3 atom stereocenters. The number of nitro groups is 1. The third-order valence-electron chi connectivity index (χ3n) is 5.46. The zero-order valence-electron chi connectivity index (χ0n) is 15.4. The number of benzene rings is 3. The third-order valence-corrected chi connectivity index (χ3v) is 5.46. The fourth-order valence-electron chi connectivity index (χ4n) is 3.98. The molecule has 1 fully saturated rings. The molecule has 4 rings (SSSR count). The SMILES string of the molecule is N#C[C@@]1(C(=O)NC(=O)c2ccccc2F)[C@@H]([N+](=O)[O-])[C@@H]1c1cccc2ccccc12. The van der Waals surface area contributed by atoms with E-state index in [4.69, 9.17) is 0 Å². The molecule has 0 unspecified atom stereocenters. The first-order valence-electron chi connectivity index (χ1n) is 9.04. The molecule has 0 aliphatic heterocycles. The van der Waals surface area contributed by atoms with Gasteiger partial charge in [-0.05, 0) is 28.5 Å². The summed E-state index contributed by atoms with van der Waals surface area (Å²) in [5.41, 5.74) is -1.99. The van der Waals surface area contributed by atoms with Crippen LogP contribution in [0.2, 0.25) is 0 Å². The Morgan fingerprint density at radius 1 is 1.07 bits per heavy atom. The lowest BCUT2D eigenvalue weighted by Crippen LogP contribution is -2.39. The van der Waals surface area contributed by atoms with E-state index in [1.807, 2.05) is 17.4 Å². The van der Waals surface area contributed by atoms with Gasteiger partial charge in [-0.1, -0.05) is 54.6 Å². The lowest BCUT2D eigenvalue weighted by atomic mass is 9.95. The number of hydrogen-bond donors (Lipinski definition) is 1. The van der Waals surface area contributed by atoms with Gasteiger partial charge in [-0.15, -0.1) is 0 Å². The van der Waals surface area contributed by atoms with E-state index in [-0.39, 0.29) is 5.56 Å². The van der Waals surface area contributed by atoms with Crippen molar-refractivity contribution in [2.45, 2.75) is 12.0 Å². The van der Waals surface area contributed by atoms with Crippen LogP contribution in [0.1, 0.15) is 21.8 Å². The molecule has 0 radical (unpaired) electrons. The molecule has 0 aromatic heterocycles. The van der Waals surface area contributed by atoms with Gasteiger partial charge in [-0.2, -0.15) is 5.26 Å². The van der Waals surface area contributed by atoms with Crippen molar-refractivity contribution >= 4 is 22.6 Å². The summed E-state index contributed by atoms with van der Waals surface area (Å²) in [5.74, 6) is -4.06. The van der Waals surface area contributed by atoms with E-state index < -0.39 is 39.9 Å². The lowest BCUT2D eigenvalue weighted by molar-refractivity contribution is -0.500. The van der Waals surface area contributed by atoms with Gasteiger partial charge in [0.25, 0.3) is 17.9 Å². The molecule has 8 heteroatoms. The van der Waals surface area contributed by atoms with Crippen molar-refractivity contribution in [3.8, 4) is 6.07 Å².